The van der Waals surface area contributed by atoms with Gasteiger partial charge in [-0.3, -0.25) is 4.79 Å². The Kier molecular flexibility index (Phi) is 4.22. The van der Waals surface area contributed by atoms with E-state index in [4.69, 9.17) is 13.9 Å². The lowest BCUT2D eigenvalue weighted by atomic mass is 10.2. The predicted molar refractivity (Wildman–Crippen MR) is 87.8 cm³/mol. The van der Waals surface area contributed by atoms with E-state index in [1.807, 2.05) is 0 Å². The number of rotatable bonds is 5. The van der Waals surface area contributed by atoms with Crippen molar-refractivity contribution in [3.05, 3.63) is 59.7 Å². The van der Waals surface area contributed by atoms with Crippen molar-refractivity contribution in [3.8, 4) is 23.0 Å². The topological polar surface area (TPSA) is 86.5 Å². The number of amides is 1. The number of hydrogen-bond acceptors (Lipinski definition) is 6. The van der Waals surface area contributed by atoms with Gasteiger partial charge < -0.3 is 19.2 Å². The Labute approximate surface area is 147 Å². The molecule has 1 aromatic heterocycles. The molecule has 26 heavy (non-hydrogen) atoms. The van der Waals surface area contributed by atoms with E-state index in [9.17, 15) is 9.18 Å². The van der Waals surface area contributed by atoms with E-state index in [0.29, 0.717) is 29.5 Å². The molecule has 7 nitrogen and oxygen atoms in total. The molecule has 0 radical (unpaired) electrons. The van der Waals surface area contributed by atoms with Gasteiger partial charge in [0.25, 0.3) is 0 Å². The maximum absolute atomic E-state index is 12.9. The summed E-state index contributed by atoms with van der Waals surface area (Å²) in [6.07, 6.45) is -0.0429. The largest absolute Gasteiger partial charge is 0.454 e. The summed E-state index contributed by atoms with van der Waals surface area (Å²) < 4.78 is 29.0. The average Bonchev–Trinajstić information content (AvgIpc) is 3.29. The molecule has 2 aromatic carbocycles. The second kappa shape index (κ2) is 6.83. The number of nitrogens with zero attached hydrogens (tertiary/aromatic N) is 2. The number of aromatic nitrogens is 2. The standard InChI is InChI=1S/C18H14FN3O4/c19-13-4-1-11(2-5-13)9-20-16(23)8-17-21-22-18(26-17)12-3-6-14-15(7-12)25-10-24-14/h1-7H,8-10H2,(H,20,23). The molecule has 0 fully saturated rings. The smallest absolute Gasteiger partial charge is 0.247 e. The Bertz CT molecular complexity index is 940. The maximum atomic E-state index is 12.9. The van der Waals surface area contributed by atoms with Crippen LogP contribution in [0.15, 0.2) is 46.9 Å². The highest BCUT2D eigenvalue weighted by molar-refractivity contribution is 5.77. The Hall–Kier alpha value is -3.42. The number of nitrogens with one attached hydrogen (secondary N) is 1. The first-order chi connectivity index (χ1) is 12.7. The lowest BCUT2D eigenvalue weighted by Gasteiger charge is -2.03. The van der Waals surface area contributed by atoms with E-state index in [-0.39, 0.29) is 30.8 Å². The minimum Gasteiger partial charge on any atom is -0.454 e. The van der Waals surface area contributed by atoms with E-state index in [2.05, 4.69) is 15.5 Å². The molecule has 1 aliphatic heterocycles. The van der Waals surface area contributed by atoms with Gasteiger partial charge in [-0.15, -0.1) is 10.2 Å². The Morgan fingerprint density at radius 2 is 1.88 bits per heavy atom. The SMILES string of the molecule is O=C(Cc1nnc(-c2ccc3c(c2)OCO3)o1)NCc1ccc(F)cc1. The third-order valence-corrected chi connectivity index (χ3v) is 3.80. The highest BCUT2D eigenvalue weighted by Gasteiger charge is 2.17. The first-order valence-electron chi connectivity index (χ1n) is 7.91. The lowest BCUT2D eigenvalue weighted by Crippen LogP contribution is -2.24. The summed E-state index contributed by atoms with van der Waals surface area (Å²) in [6, 6.07) is 11.2. The lowest BCUT2D eigenvalue weighted by molar-refractivity contribution is -0.120. The number of halogens is 1. The van der Waals surface area contributed by atoms with Crippen molar-refractivity contribution in [2.75, 3.05) is 6.79 Å². The van der Waals surface area contributed by atoms with Crippen LogP contribution in [-0.2, 0) is 17.8 Å². The summed E-state index contributed by atoms with van der Waals surface area (Å²) in [5.74, 6) is 1.18. The fourth-order valence-electron chi connectivity index (χ4n) is 2.47. The molecule has 4 rings (SSSR count). The third-order valence-electron chi connectivity index (χ3n) is 3.80. The van der Waals surface area contributed by atoms with E-state index >= 15 is 0 Å². The Morgan fingerprint density at radius 1 is 1.08 bits per heavy atom. The van der Waals surface area contributed by atoms with Crippen LogP contribution < -0.4 is 14.8 Å². The van der Waals surface area contributed by atoms with Gasteiger partial charge in [0.1, 0.15) is 12.2 Å². The summed E-state index contributed by atoms with van der Waals surface area (Å²) in [5.41, 5.74) is 1.48. The van der Waals surface area contributed by atoms with E-state index in [1.54, 1.807) is 30.3 Å². The minimum atomic E-state index is -0.318. The Morgan fingerprint density at radius 3 is 2.73 bits per heavy atom. The van der Waals surface area contributed by atoms with Crippen molar-refractivity contribution in [1.29, 1.82) is 0 Å². The maximum Gasteiger partial charge on any atom is 0.247 e. The van der Waals surface area contributed by atoms with Crippen LogP contribution in [-0.4, -0.2) is 22.9 Å². The van der Waals surface area contributed by atoms with Gasteiger partial charge in [-0.1, -0.05) is 12.1 Å². The molecular formula is C18H14FN3O4. The molecular weight excluding hydrogens is 341 g/mol. The summed E-state index contributed by atoms with van der Waals surface area (Å²) in [5, 5.41) is 10.6. The highest BCUT2D eigenvalue weighted by atomic mass is 19.1. The average molecular weight is 355 g/mol. The molecule has 1 aliphatic rings. The van der Waals surface area contributed by atoms with Crippen molar-refractivity contribution in [3.63, 3.8) is 0 Å². The van der Waals surface area contributed by atoms with Crippen molar-refractivity contribution < 1.29 is 23.1 Å². The zero-order chi connectivity index (χ0) is 17.9. The molecule has 132 valence electrons. The molecule has 0 aliphatic carbocycles. The van der Waals surface area contributed by atoms with Gasteiger partial charge in [-0.25, -0.2) is 4.39 Å². The van der Waals surface area contributed by atoms with Gasteiger partial charge in [0.15, 0.2) is 11.5 Å². The first-order valence-corrected chi connectivity index (χ1v) is 7.91. The van der Waals surface area contributed by atoms with Crippen molar-refractivity contribution in [1.82, 2.24) is 15.5 Å². The number of carbonyl (C=O) groups excluding carboxylic acids is 1. The van der Waals surface area contributed by atoms with Crippen LogP contribution in [0.1, 0.15) is 11.5 Å². The van der Waals surface area contributed by atoms with Crippen LogP contribution in [0.5, 0.6) is 11.5 Å². The highest BCUT2D eigenvalue weighted by Crippen LogP contribution is 2.35. The van der Waals surface area contributed by atoms with Gasteiger partial charge in [0, 0.05) is 12.1 Å². The molecule has 0 saturated carbocycles. The zero-order valence-electron chi connectivity index (χ0n) is 13.6. The van der Waals surface area contributed by atoms with Crippen LogP contribution in [0.2, 0.25) is 0 Å². The summed E-state index contributed by atoms with van der Waals surface area (Å²) >= 11 is 0. The zero-order valence-corrected chi connectivity index (χ0v) is 13.6. The normalized spacial score (nSPS) is 12.2. The van der Waals surface area contributed by atoms with E-state index < -0.39 is 0 Å². The molecule has 8 heteroatoms. The number of carbonyl (C=O) groups is 1. The van der Waals surface area contributed by atoms with Crippen molar-refractivity contribution in [2.24, 2.45) is 0 Å². The van der Waals surface area contributed by atoms with Crippen molar-refractivity contribution >= 4 is 5.91 Å². The van der Waals surface area contributed by atoms with Gasteiger partial charge in [0.05, 0.1) is 0 Å². The van der Waals surface area contributed by atoms with Gasteiger partial charge in [-0.2, -0.15) is 0 Å². The summed E-state index contributed by atoms with van der Waals surface area (Å²) in [6.45, 7) is 0.477. The second-order valence-corrected chi connectivity index (χ2v) is 5.65. The quantitative estimate of drug-likeness (QED) is 0.757. The monoisotopic (exact) mass is 355 g/mol. The number of benzene rings is 2. The molecule has 0 saturated heterocycles. The fourth-order valence-corrected chi connectivity index (χ4v) is 2.47. The molecule has 1 amide bonds. The van der Waals surface area contributed by atoms with Crippen LogP contribution in [0.25, 0.3) is 11.5 Å². The molecule has 0 bridgehead atoms. The van der Waals surface area contributed by atoms with Gasteiger partial charge >= 0.3 is 0 Å². The second-order valence-electron chi connectivity index (χ2n) is 5.65. The Balaban J connectivity index is 1.37. The molecule has 1 N–H and O–H groups in total. The molecule has 0 spiro atoms. The molecule has 3 aromatic rings. The number of hydrogen-bond donors (Lipinski definition) is 1. The van der Waals surface area contributed by atoms with E-state index in [0.717, 1.165) is 5.56 Å². The van der Waals surface area contributed by atoms with Crippen LogP contribution in [0.3, 0.4) is 0 Å². The molecule has 0 unspecified atom stereocenters. The van der Waals surface area contributed by atoms with Gasteiger partial charge in [-0.05, 0) is 35.9 Å². The molecule has 2 heterocycles. The summed E-state index contributed by atoms with van der Waals surface area (Å²) in [7, 11) is 0. The first kappa shape index (κ1) is 16.1. The predicted octanol–water partition coefficient (Wildman–Crippen LogP) is 2.46. The number of ether oxygens (including phenoxy) is 2. The van der Waals surface area contributed by atoms with Crippen LogP contribution in [0.4, 0.5) is 4.39 Å². The molecule has 0 atom stereocenters. The van der Waals surface area contributed by atoms with Crippen LogP contribution in [0, 0.1) is 5.82 Å². The van der Waals surface area contributed by atoms with E-state index in [1.165, 1.54) is 12.1 Å². The van der Waals surface area contributed by atoms with Crippen LogP contribution >= 0.6 is 0 Å². The third kappa shape index (κ3) is 3.49. The minimum absolute atomic E-state index is 0.0429. The number of fused-ring (bicyclic) bond motifs is 1. The summed E-state index contributed by atoms with van der Waals surface area (Å²) in [4.78, 5) is 12.0. The fraction of sp³-hybridized carbons (Fsp3) is 0.167. The van der Waals surface area contributed by atoms with Crippen molar-refractivity contribution in [2.45, 2.75) is 13.0 Å². The van der Waals surface area contributed by atoms with Gasteiger partial charge in [0.2, 0.25) is 24.5 Å².